The zero-order chi connectivity index (χ0) is 20.1. The van der Waals surface area contributed by atoms with Crippen LogP contribution in [0.25, 0.3) is 22.7 Å². The molecule has 148 valence electrons. The van der Waals surface area contributed by atoms with Crippen LogP contribution in [0.15, 0.2) is 46.8 Å². The number of pyridine rings is 1. The summed E-state index contributed by atoms with van der Waals surface area (Å²) >= 11 is 1.36. The Hall–Kier alpha value is -3.87. The highest BCUT2D eigenvalue weighted by molar-refractivity contribution is 7.99. The number of nitrogens with one attached hydrogen (secondary N) is 2. The summed E-state index contributed by atoms with van der Waals surface area (Å²) in [6.45, 7) is 0. The van der Waals surface area contributed by atoms with Gasteiger partial charge < -0.3 is 5.32 Å². The standard InChI is InChI=1S/C17H13N11OS/c29-16(9-1-2-9)19-11-8-28-12(18-11)5-6-14(24-28)30-17-23-20-13-4-3-10(7-27(13)17)15-21-25-26-22-15/h3-9H,1-2H2,(H,19,29)(H,21,22,25,26). The van der Waals surface area contributed by atoms with Gasteiger partial charge in [0.1, 0.15) is 5.03 Å². The van der Waals surface area contributed by atoms with Crippen molar-refractivity contribution in [1.82, 2.24) is 49.8 Å². The molecule has 5 aromatic heterocycles. The fraction of sp³-hybridized carbons (Fsp3) is 0.176. The van der Waals surface area contributed by atoms with E-state index in [1.54, 1.807) is 10.7 Å². The van der Waals surface area contributed by atoms with Crippen LogP contribution in [0.3, 0.4) is 0 Å². The molecule has 0 unspecified atom stereocenters. The van der Waals surface area contributed by atoms with Gasteiger partial charge in [0.25, 0.3) is 0 Å². The van der Waals surface area contributed by atoms with Gasteiger partial charge in [0.15, 0.2) is 17.1 Å². The third-order valence-corrected chi connectivity index (χ3v) is 5.55. The molecule has 1 aliphatic rings. The number of carbonyl (C=O) groups excluding carboxylic acids is 1. The average molecular weight is 419 g/mol. The number of aromatic amines is 1. The molecule has 0 aliphatic heterocycles. The minimum absolute atomic E-state index is 0.0142. The quantitative estimate of drug-likeness (QED) is 0.432. The first-order valence-corrected chi connectivity index (χ1v) is 9.98. The summed E-state index contributed by atoms with van der Waals surface area (Å²) < 4.78 is 3.48. The molecule has 1 fully saturated rings. The van der Waals surface area contributed by atoms with E-state index in [1.807, 2.05) is 34.9 Å². The van der Waals surface area contributed by atoms with Gasteiger partial charge in [0.05, 0.1) is 6.20 Å². The molecule has 30 heavy (non-hydrogen) atoms. The highest BCUT2D eigenvalue weighted by atomic mass is 32.2. The lowest BCUT2D eigenvalue weighted by atomic mass is 10.3. The molecule has 1 aliphatic carbocycles. The molecule has 5 aromatic rings. The van der Waals surface area contributed by atoms with Crippen molar-refractivity contribution in [1.29, 1.82) is 0 Å². The highest BCUT2D eigenvalue weighted by Gasteiger charge is 2.30. The van der Waals surface area contributed by atoms with Crippen molar-refractivity contribution >= 4 is 34.8 Å². The van der Waals surface area contributed by atoms with E-state index in [4.69, 9.17) is 0 Å². The Morgan fingerprint density at radius 3 is 2.83 bits per heavy atom. The lowest BCUT2D eigenvalue weighted by Gasteiger charge is -2.01. The van der Waals surface area contributed by atoms with Crippen molar-refractivity contribution < 1.29 is 4.79 Å². The van der Waals surface area contributed by atoms with Crippen LogP contribution < -0.4 is 5.32 Å². The van der Waals surface area contributed by atoms with Crippen molar-refractivity contribution in [3.63, 3.8) is 0 Å². The van der Waals surface area contributed by atoms with Crippen molar-refractivity contribution in [2.24, 2.45) is 5.92 Å². The van der Waals surface area contributed by atoms with Gasteiger partial charge in [-0.3, -0.25) is 9.20 Å². The molecular formula is C17H13N11OS. The van der Waals surface area contributed by atoms with E-state index in [9.17, 15) is 4.79 Å². The molecule has 0 atom stereocenters. The van der Waals surface area contributed by atoms with Crippen LogP contribution in [0.1, 0.15) is 12.8 Å². The van der Waals surface area contributed by atoms with Gasteiger partial charge in [-0.1, -0.05) is 0 Å². The summed E-state index contributed by atoms with van der Waals surface area (Å²) in [7, 11) is 0. The number of hydrogen-bond donors (Lipinski definition) is 2. The first-order valence-electron chi connectivity index (χ1n) is 9.17. The van der Waals surface area contributed by atoms with Crippen LogP contribution in [0, 0.1) is 5.92 Å². The van der Waals surface area contributed by atoms with Gasteiger partial charge in [-0.25, -0.2) is 9.50 Å². The summed E-state index contributed by atoms with van der Waals surface area (Å²) in [6, 6.07) is 7.39. The second-order valence-corrected chi connectivity index (χ2v) is 7.82. The normalized spacial score (nSPS) is 13.9. The van der Waals surface area contributed by atoms with Crippen LogP contribution >= 0.6 is 11.8 Å². The number of imidazole rings is 1. The molecular weight excluding hydrogens is 406 g/mol. The molecule has 1 saturated carbocycles. The van der Waals surface area contributed by atoms with Crippen molar-refractivity contribution in [2.75, 3.05) is 5.32 Å². The Balaban J connectivity index is 1.29. The molecule has 2 N–H and O–H groups in total. The van der Waals surface area contributed by atoms with E-state index in [-0.39, 0.29) is 11.8 Å². The molecule has 0 radical (unpaired) electrons. The van der Waals surface area contributed by atoms with Crippen molar-refractivity contribution in [3.05, 3.63) is 36.7 Å². The molecule has 1 amide bonds. The molecule has 5 heterocycles. The number of fused-ring (bicyclic) bond motifs is 2. The number of H-pyrrole nitrogens is 1. The van der Waals surface area contributed by atoms with Gasteiger partial charge >= 0.3 is 0 Å². The van der Waals surface area contributed by atoms with Crippen molar-refractivity contribution in [3.8, 4) is 11.4 Å². The fourth-order valence-corrected chi connectivity index (χ4v) is 3.78. The number of rotatable bonds is 5. The number of amides is 1. The lowest BCUT2D eigenvalue weighted by Crippen LogP contribution is -2.13. The number of anilines is 1. The number of nitrogens with zero attached hydrogens (tertiary/aromatic N) is 9. The van der Waals surface area contributed by atoms with Gasteiger partial charge in [-0.2, -0.15) is 10.3 Å². The minimum atomic E-state index is 0.0142. The largest absolute Gasteiger partial charge is 0.309 e. The zero-order valence-corrected chi connectivity index (χ0v) is 16.1. The number of carbonyl (C=O) groups is 1. The summed E-state index contributed by atoms with van der Waals surface area (Å²) in [4.78, 5) is 16.3. The first kappa shape index (κ1) is 17.0. The SMILES string of the molecule is O=C(Nc1cn2nc(Sc3nnc4ccc(-c5nn[nH]n5)cn34)ccc2n1)C1CC1. The van der Waals surface area contributed by atoms with E-state index in [2.05, 4.69) is 46.2 Å². The molecule has 0 bridgehead atoms. The van der Waals surface area contributed by atoms with E-state index >= 15 is 0 Å². The Morgan fingerprint density at radius 2 is 2.00 bits per heavy atom. The van der Waals surface area contributed by atoms with Crippen LogP contribution in [-0.2, 0) is 4.79 Å². The molecule has 0 aromatic carbocycles. The molecule has 0 spiro atoms. The van der Waals surface area contributed by atoms with Crippen molar-refractivity contribution in [2.45, 2.75) is 23.0 Å². The Kier molecular flexibility index (Phi) is 3.74. The maximum Gasteiger partial charge on any atom is 0.228 e. The predicted molar refractivity (Wildman–Crippen MR) is 105 cm³/mol. The Morgan fingerprint density at radius 1 is 1.10 bits per heavy atom. The zero-order valence-electron chi connectivity index (χ0n) is 15.3. The van der Waals surface area contributed by atoms with Crippen LogP contribution in [0.4, 0.5) is 5.82 Å². The minimum Gasteiger partial charge on any atom is -0.309 e. The topological polar surface area (TPSA) is 144 Å². The third kappa shape index (κ3) is 3.04. The summed E-state index contributed by atoms with van der Waals surface area (Å²) in [5, 5.41) is 31.2. The van der Waals surface area contributed by atoms with E-state index < -0.39 is 0 Å². The molecule has 0 saturated heterocycles. The predicted octanol–water partition coefficient (Wildman–Crippen LogP) is 1.45. The fourth-order valence-electron chi connectivity index (χ4n) is 3.00. The number of tetrazole rings is 1. The summed E-state index contributed by atoms with van der Waals surface area (Å²) in [5.41, 5.74) is 2.13. The maximum atomic E-state index is 11.9. The average Bonchev–Trinajstić information content (AvgIpc) is 3.14. The van der Waals surface area contributed by atoms with E-state index in [0.717, 1.165) is 18.4 Å². The van der Waals surface area contributed by atoms with Crippen LogP contribution in [0.5, 0.6) is 0 Å². The monoisotopic (exact) mass is 419 g/mol. The summed E-state index contributed by atoms with van der Waals surface area (Å²) in [6.07, 6.45) is 5.44. The van der Waals surface area contributed by atoms with Gasteiger partial charge in [0.2, 0.25) is 16.9 Å². The molecule has 12 nitrogen and oxygen atoms in total. The molecule has 6 rings (SSSR count). The number of hydrogen-bond acceptors (Lipinski definition) is 9. The Labute approximate surface area is 172 Å². The third-order valence-electron chi connectivity index (χ3n) is 4.67. The first-order chi connectivity index (χ1) is 14.7. The molecule has 13 heteroatoms. The maximum absolute atomic E-state index is 11.9. The second kappa shape index (κ2) is 6.59. The van der Waals surface area contributed by atoms with Crippen LogP contribution in [-0.4, -0.2) is 55.7 Å². The van der Waals surface area contributed by atoms with Gasteiger partial charge in [-0.05, 0) is 54.1 Å². The van der Waals surface area contributed by atoms with Crippen LogP contribution in [0.2, 0.25) is 0 Å². The lowest BCUT2D eigenvalue weighted by molar-refractivity contribution is -0.117. The van der Waals surface area contributed by atoms with Gasteiger partial charge in [-0.15, -0.1) is 20.4 Å². The number of aromatic nitrogens is 10. The highest BCUT2D eigenvalue weighted by Crippen LogP contribution is 2.30. The van der Waals surface area contributed by atoms with Gasteiger partial charge in [0, 0.05) is 17.7 Å². The smallest absolute Gasteiger partial charge is 0.228 e. The van der Waals surface area contributed by atoms with E-state index in [0.29, 0.717) is 33.1 Å². The van der Waals surface area contributed by atoms with E-state index in [1.165, 1.54) is 11.8 Å². The second-order valence-electron chi connectivity index (χ2n) is 6.83. The summed E-state index contributed by atoms with van der Waals surface area (Å²) in [5.74, 6) is 1.12. The Bertz CT molecular complexity index is 1390.